The zero-order chi connectivity index (χ0) is 16.5. The first-order valence-electron chi connectivity index (χ1n) is 6.72. The molecule has 0 amide bonds. The molecule has 2 aromatic carbocycles. The standard InChI is InChI=1S/C17H16BrF3O/c1-16(2,3)13-8-12(9-14(18)10-13)11-4-6-15(7-5-11)22-17(19,20)21/h4-10H,1-3H3. The zero-order valence-electron chi connectivity index (χ0n) is 12.5. The molecule has 0 aliphatic carbocycles. The molecule has 2 rings (SSSR count). The van der Waals surface area contributed by atoms with E-state index in [1.807, 2.05) is 18.2 Å². The molecule has 2 aromatic rings. The number of benzene rings is 2. The van der Waals surface area contributed by atoms with Crippen LogP contribution < -0.4 is 4.74 Å². The van der Waals surface area contributed by atoms with Gasteiger partial charge in [0.2, 0.25) is 0 Å². The normalized spacial score (nSPS) is 12.3. The summed E-state index contributed by atoms with van der Waals surface area (Å²) in [6, 6.07) is 11.9. The third-order valence-electron chi connectivity index (χ3n) is 3.19. The monoisotopic (exact) mass is 372 g/mol. The van der Waals surface area contributed by atoms with Gasteiger partial charge in [-0.25, -0.2) is 0 Å². The number of hydrogen-bond acceptors (Lipinski definition) is 1. The van der Waals surface area contributed by atoms with Crippen LogP contribution in [-0.2, 0) is 5.41 Å². The smallest absolute Gasteiger partial charge is 0.406 e. The van der Waals surface area contributed by atoms with E-state index in [0.29, 0.717) is 0 Å². The van der Waals surface area contributed by atoms with Crippen molar-refractivity contribution in [2.45, 2.75) is 32.5 Å². The molecule has 0 radical (unpaired) electrons. The first-order chi connectivity index (χ1) is 10.0. The molecule has 0 fully saturated rings. The second kappa shape index (κ2) is 5.95. The molecule has 0 aromatic heterocycles. The minimum absolute atomic E-state index is 0.0160. The van der Waals surface area contributed by atoms with Gasteiger partial charge >= 0.3 is 6.36 Å². The molecular formula is C17H16BrF3O. The average Bonchev–Trinajstić information content (AvgIpc) is 2.36. The van der Waals surface area contributed by atoms with Gasteiger partial charge in [-0.15, -0.1) is 13.2 Å². The van der Waals surface area contributed by atoms with Crippen LogP contribution in [0.15, 0.2) is 46.9 Å². The molecule has 118 valence electrons. The quantitative estimate of drug-likeness (QED) is 0.599. The van der Waals surface area contributed by atoms with E-state index >= 15 is 0 Å². The van der Waals surface area contributed by atoms with Crippen molar-refractivity contribution in [2.24, 2.45) is 0 Å². The summed E-state index contributed by atoms with van der Waals surface area (Å²) >= 11 is 3.48. The summed E-state index contributed by atoms with van der Waals surface area (Å²) in [6.45, 7) is 6.33. The second-order valence-electron chi connectivity index (χ2n) is 6.05. The lowest BCUT2D eigenvalue weighted by molar-refractivity contribution is -0.274. The van der Waals surface area contributed by atoms with Crippen LogP contribution in [0.2, 0.25) is 0 Å². The van der Waals surface area contributed by atoms with Crippen molar-refractivity contribution >= 4 is 15.9 Å². The lowest BCUT2D eigenvalue weighted by Crippen LogP contribution is -2.16. The van der Waals surface area contributed by atoms with Gasteiger partial charge in [0, 0.05) is 4.47 Å². The molecular weight excluding hydrogens is 357 g/mol. The molecule has 0 aliphatic heterocycles. The van der Waals surface area contributed by atoms with Crippen molar-refractivity contribution in [3.63, 3.8) is 0 Å². The first-order valence-corrected chi connectivity index (χ1v) is 7.51. The van der Waals surface area contributed by atoms with E-state index in [4.69, 9.17) is 0 Å². The summed E-state index contributed by atoms with van der Waals surface area (Å²) in [7, 11) is 0. The summed E-state index contributed by atoms with van der Waals surface area (Å²) in [4.78, 5) is 0. The lowest BCUT2D eigenvalue weighted by atomic mass is 9.85. The summed E-state index contributed by atoms with van der Waals surface area (Å²) in [5.41, 5.74) is 2.91. The summed E-state index contributed by atoms with van der Waals surface area (Å²) < 4.78 is 41.3. The molecule has 0 saturated heterocycles. The Hall–Kier alpha value is -1.49. The Morgan fingerprint density at radius 2 is 1.45 bits per heavy atom. The van der Waals surface area contributed by atoms with E-state index in [2.05, 4.69) is 41.4 Å². The Morgan fingerprint density at radius 3 is 1.95 bits per heavy atom. The molecule has 0 atom stereocenters. The van der Waals surface area contributed by atoms with E-state index in [1.54, 1.807) is 12.1 Å². The largest absolute Gasteiger partial charge is 0.573 e. The number of ether oxygens (including phenoxy) is 1. The summed E-state index contributed by atoms with van der Waals surface area (Å²) in [5, 5.41) is 0. The minimum atomic E-state index is -4.67. The molecule has 0 aliphatic rings. The Labute approximate surface area is 136 Å². The van der Waals surface area contributed by atoms with Gasteiger partial charge in [0.15, 0.2) is 0 Å². The first kappa shape index (κ1) is 16.9. The molecule has 0 heterocycles. The van der Waals surface area contributed by atoms with Gasteiger partial charge in [-0.1, -0.05) is 54.9 Å². The van der Waals surface area contributed by atoms with Gasteiger partial charge in [0.25, 0.3) is 0 Å². The molecule has 0 bridgehead atoms. The van der Waals surface area contributed by atoms with E-state index in [0.717, 1.165) is 21.2 Å². The van der Waals surface area contributed by atoms with Crippen LogP contribution in [-0.4, -0.2) is 6.36 Å². The third kappa shape index (κ3) is 4.50. The van der Waals surface area contributed by atoms with Crippen LogP contribution in [0.25, 0.3) is 11.1 Å². The van der Waals surface area contributed by atoms with Crippen LogP contribution in [0.1, 0.15) is 26.3 Å². The molecule has 0 saturated carbocycles. The highest BCUT2D eigenvalue weighted by molar-refractivity contribution is 9.10. The molecule has 1 nitrogen and oxygen atoms in total. The highest BCUT2D eigenvalue weighted by atomic mass is 79.9. The molecule has 0 spiro atoms. The van der Waals surface area contributed by atoms with Crippen molar-refractivity contribution in [2.75, 3.05) is 0 Å². The highest BCUT2D eigenvalue weighted by Gasteiger charge is 2.30. The number of rotatable bonds is 2. The second-order valence-corrected chi connectivity index (χ2v) is 6.97. The SMILES string of the molecule is CC(C)(C)c1cc(Br)cc(-c2ccc(OC(F)(F)F)cc2)c1. The van der Waals surface area contributed by atoms with Crippen molar-refractivity contribution in [3.8, 4) is 16.9 Å². The van der Waals surface area contributed by atoms with E-state index in [9.17, 15) is 13.2 Å². The van der Waals surface area contributed by atoms with Gasteiger partial charge in [-0.05, 0) is 46.4 Å². The Bertz CT molecular complexity index is 655. The number of hydrogen-bond donors (Lipinski definition) is 0. The van der Waals surface area contributed by atoms with Crippen molar-refractivity contribution in [3.05, 3.63) is 52.5 Å². The van der Waals surface area contributed by atoms with Crippen molar-refractivity contribution in [1.82, 2.24) is 0 Å². The zero-order valence-corrected chi connectivity index (χ0v) is 14.0. The maximum absolute atomic E-state index is 12.2. The van der Waals surface area contributed by atoms with Crippen molar-refractivity contribution < 1.29 is 17.9 Å². The fourth-order valence-corrected chi connectivity index (χ4v) is 2.53. The van der Waals surface area contributed by atoms with Gasteiger partial charge in [-0.3, -0.25) is 0 Å². The van der Waals surface area contributed by atoms with E-state index in [1.165, 1.54) is 12.1 Å². The number of alkyl halides is 3. The predicted octanol–water partition coefficient (Wildman–Crippen LogP) is 6.31. The van der Waals surface area contributed by atoms with Gasteiger partial charge < -0.3 is 4.74 Å². The summed E-state index contributed by atoms with van der Waals surface area (Å²) in [6.07, 6.45) is -4.67. The Morgan fingerprint density at radius 1 is 0.864 bits per heavy atom. The van der Waals surface area contributed by atoms with Crippen LogP contribution in [0.3, 0.4) is 0 Å². The Balaban J connectivity index is 2.34. The predicted molar refractivity (Wildman–Crippen MR) is 85.0 cm³/mol. The molecule has 5 heteroatoms. The lowest BCUT2D eigenvalue weighted by Gasteiger charge is -2.20. The Kier molecular flexibility index (Phi) is 4.57. The fraction of sp³-hybridized carbons (Fsp3) is 0.294. The minimum Gasteiger partial charge on any atom is -0.406 e. The van der Waals surface area contributed by atoms with Crippen molar-refractivity contribution in [1.29, 1.82) is 0 Å². The summed E-state index contributed by atoms with van der Waals surface area (Å²) in [5.74, 6) is -0.220. The van der Waals surface area contributed by atoms with Crippen LogP contribution in [0.5, 0.6) is 5.75 Å². The third-order valence-corrected chi connectivity index (χ3v) is 3.64. The maximum atomic E-state index is 12.2. The van der Waals surface area contributed by atoms with Crippen LogP contribution >= 0.6 is 15.9 Å². The molecule has 22 heavy (non-hydrogen) atoms. The van der Waals surface area contributed by atoms with Crippen LogP contribution in [0, 0.1) is 0 Å². The maximum Gasteiger partial charge on any atom is 0.573 e. The van der Waals surface area contributed by atoms with E-state index in [-0.39, 0.29) is 11.2 Å². The van der Waals surface area contributed by atoms with Gasteiger partial charge in [0.05, 0.1) is 0 Å². The fourth-order valence-electron chi connectivity index (χ4n) is 2.04. The van der Waals surface area contributed by atoms with Crippen LogP contribution in [0.4, 0.5) is 13.2 Å². The highest BCUT2D eigenvalue weighted by Crippen LogP contribution is 2.32. The molecule has 0 unspecified atom stereocenters. The average molecular weight is 373 g/mol. The van der Waals surface area contributed by atoms with Gasteiger partial charge in [-0.2, -0.15) is 0 Å². The molecule has 0 N–H and O–H groups in total. The number of halogens is 4. The topological polar surface area (TPSA) is 9.23 Å². The van der Waals surface area contributed by atoms with Gasteiger partial charge in [0.1, 0.15) is 5.75 Å². The van der Waals surface area contributed by atoms with E-state index < -0.39 is 6.36 Å².